The molecule has 0 aromatic rings. The molecule has 2 heteroatoms. The van der Waals surface area contributed by atoms with Crippen molar-refractivity contribution in [3.8, 4) is 0 Å². The van der Waals surface area contributed by atoms with Crippen LogP contribution in [0.3, 0.4) is 0 Å². The topological polar surface area (TPSA) is 21.3 Å². The van der Waals surface area contributed by atoms with E-state index >= 15 is 0 Å². The molecular weight excluding hydrogens is 222 g/mol. The summed E-state index contributed by atoms with van der Waals surface area (Å²) in [7, 11) is 0. The molecule has 0 heterocycles. The first-order chi connectivity index (χ1) is 8.84. The number of rotatable bonds is 9. The second-order valence-electron chi connectivity index (χ2n) is 6.41. The average Bonchev–Trinajstić information content (AvgIpc) is 3.17. The van der Waals surface area contributed by atoms with Gasteiger partial charge in [-0.2, -0.15) is 0 Å². The molecule has 0 aromatic heterocycles. The van der Waals surface area contributed by atoms with Gasteiger partial charge in [0.05, 0.1) is 6.10 Å². The Morgan fingerprint density at radius 1 is 1.00 bits per heavy atom. The van der Waals surface area contributed by atoms with Gasteiger partial charge in [0.1, 0.15) is 0 Å². The van der Waals surface area contributed by atoms with Gasteiger partial charge in [0.25, 0.3) is 0 Å². The van der Waals surface area contributed by atoms with E-state index in [1.54, 1.807) is 0 Å². The predicted molar refractivity (Wildman–Crippen MR) is 76.9 cm³/mol. The first kappa shape index (κ1) is 14.3. The highest BCUT2D eigenvalue weighted by atomic mass is 16.5. The third-order valence-corrected chi connectivity index (χ3v) is 4.32. The third-order valence-electron chi connectivity index (χ3n) is 4.32. The van der Waals surface area contributed by atoms with Crippen molar-refractivity contribution in [3.05, 3.63) is 0 Å². The molecule has 0 aliphatic heterocycles. The maximum atomic E-state index is 5.99. The van der Waals surface area contributed by atoms with Crippen LogP contribution in [0, 0.1) is 5.92 Å². The standard InChI is InChI=1S/C16H31NO/c1-14-7-6-8-16(13-14)18-12-5-3-2-4-11-17-15-9-10-15/h14-17H,2-13H2,1H3. The largest absolute Gasteiger partial charge is 0.378 e. The maximum Gasteiger partial charge on any atom is 0.0577 e. The minimum absolute atomic E-state index is 0.574. The van der Waals surface area contributed by atoms with Crippen molar-refractivity contribution in [2.75, 3.05) is 13.2 Å². The Hall–Kier alpha value is -0.0800. The van der Waals surface area contributed by atoms with Crippen molar-refractivity contribution in [2.24, 2.45) is 5.92 Å². The second-order valence-corrected chi connectivity index (χ2v) is 6.41. The van der Waals surface area contributed by atoms with Gasteiger partial charge in [0, 0.05) is 12.6 Å². The molecule has 0 aromatic carbocycles. The Kier molecular flexibility index (Phi) is 6.50. The zero-order valence-corrected chi connectivity index (χ0v) is 12.1. The van der Waals surface area contributed by atoms with Gasteiger partial charge in [-0.25, -0.2) is 0 Å². The summed E-state index contributed by atoms with van der Waals surface area (Å²) in [6.07, 6.45) is 14.1. The number of nitrogens with one attached hydrogen (secondary N) is 1. The van der Waals surface area contributed by atoms with Crippen molar-refractivity contribution in [1.82, 2.24) is 5.32 Å². The predicted octanol–water partition coefficient (Wildman–Crippen LogP) is 3.89. The summed E-state index contributed by atoms with van der Waals surface area (Å²) < 4.78 is 5.99. The van der Waals surface area contributed by atoms with E-state index in [0.29, 0.717) is 6.10 Å². The van der Waals surface area contributed by atoms with Crippen LogP contribution < -0.4 is 5.32 Å². The summed E-state index contributed by atoms with van der Waals surface area (Å²) >= 11 is 0. The Bertz CT molecular complexity index is 215. The normalized spacial score (nSPS) is 28.5. The zero-order valence-electron chi connectivity index (χ0n) is 12.1. The van der Waals surface area contributed by atoms with Crippen molar-refractivity contribution in [3.63, 3.8) is 0 Å². The maximum absolute atomic E-state index is 5.99. The van der Waals surface area contributed by atoms with E-state index in [0.717, 1.165) is 18.6 Å². The summed E-state index contributed by atoms with van der Waals surface area (Å²) in [5.41, 5.74) is 0. The fraction of sp³-hybridized carbons (Fsp3) is 1.00. The lowest BCUT2D eigenvalue weighted by atomic mass is 9.89. The van der Waals surface area contributed by atoms with Crippen LogP contribution in [-0.4, -0.2) is 25.3 Å². The molecule has 0 bridgehead atoms. The number of hydrogen-bond acceptors (Lipinski definition) is 2. The van der Waals surface area contributed by atoms with E-state index < -0.39 is 0 Å². The van der Waals surface area contributed by atoms with Gasteiger partial charge in [-0.15, -0.1) is 0 Å². The molecule has 1 N–H and O–H groups in total. The second kappa shape index (κ2) is 8.16. The van der Waals surface area contributed by atoms with Crippen LogP contribution in [0.4, 0.5) is 0 Å². The molecule has 2 nitrogen and oxygen atoms in total. The quantitative estimate of drug-likeness (QED) is 0.629. The molecule has 2 atom stereocenters. The van der Waals surface area contributed by atoms with Gasteiger partial charge in [-0.3, -0.25) is 0 Å². The van der Waals surface area contributed by atoms with Gasteiger partial charge < -0.3 is 10.1 Å². The smallest absolute Gasteiger partial charge is 0.0577 e. The lowest BCUT2D eigenvalue weighted by Gasteiger charge is -2.26. The first-order valence-electron chi connectivity index (χ1n) is 8.19. The van der Waals surface area contributed by atoms with Gasteiger partial charge in [-0.05, 0) is 51.0 Å². The van der Waals surface area contributed by atoms with Gasteiger partial charge in [0.2, 0.25) is 0 Å². The van der Waals surface area contributed by atoms with Gasteiger partial charge in [-0.1, -0.05) is 32.6 Å². The van der Waals surface area contributed by atoms with E-state index in [9.17, 15) is 0 Å². The molecule has 2 aliphatic carbocycles. The number of unbranched alkanes of at least 4 members (excludes halogenated alkanes) is 3. The van der Waals surface area contributed by atoms with E-state index in [-0.39, 0.29) is 0 Å². The molecule has 2 unspecified atom stereocenters. The van der Waals surface area contributed by atoms with Crippen LogP contribution in [-0.2, 0) is 4.74 Å². The lowest BCUT2D eigenvalue weighted by Crippen LogP contribution is -2.21. The molecule has 2 fully saturated rings. The molecule has 106 valence electrons. The summed E-state index contributed by atoms with van der Waals surface area (Å²) in [5.74, 6) is 0.886. The molecule has 0 spiro atoms. The molecule has 2 aliphatic rings. The SMILES string of the molecule is CC1CCCC(OCCCCCCNC2CC2)C1. The van der Waals surface area contributed by atoms with E-state index in [1.807, 2.05) is 0 Å². The number of hydrogen-bond donors (Lipinski definition) is 1. The lowest BCUT2D eigenvalue weighted by molar-refractivity contribution is 0.0137. The monoisotopic (exact) mass is 253 g/mol. The van der Waals surface area contributed by atoms with Crippen LogP contribution in [0.1, 0.15) is 71.1 Å². The highest BCUT2D eigenvalue weighted by Gasteiger charge is 2.19. The van der Waals surface area contributed by atoms with Crippen LogP contribution in [0.25, 0.3) is 0 Å². The molecule has 0 radical (unpaired) electrons. The van der Waals surface area contributed by atoms with Crippen molar-refractivity contribution in [1.29, 1.82) is 0 Å². The zero-order chi connectivity index (χ0) is 12.6. The van der Waals surface area contributed by atoms with Crippen molar-refractivity contribution in [2.45, 2.75) is 83.3 Å². The summed E-state index contributed by atoms with van der Waals surface area (Å²) in [6, 6.07) is 0.877. The minimum atomic E-state index is 0.574. The minimum Gasteiger partial charge on any atom is -0.378 e. The Morgan fingerprint density at radius 2 is 1.83 bits per heavy atom. The van der Waals surface area contributed by atoms with Gasteiger partial charge in [0.15, 0.2) is 0 Å². The van der Waals surface area contributed by atoms with Crippen molar-refractivity contribution >= 4 is 0 Å². The molecule has 2 rings (SSSR count). The molecule has 2 saturated carbocycles. The van der Waals surface area contributed by atoms with Crippen LogP contribution in [0.5, 0.6) is 0 Å². The summed E-state index contributed by atoms with van der Waals surface area (Å²) in [6.45, 7) is 4.58. The Balaban J connectivity index is 1.34. The Morgan fingerprint density at radius 3 is 2.61 bits per heavy atom. The molecular formula is C16H31NO. The summed E-state index contributed by atoms with van der Waals surface area (Å²) in [4.78, 5) is 0. The summed E-state index contributed by atoms with van der Waals surface area (Å²) in [5, 5.41) is 3.57. The van der Waals surface area contributed by atoms with Crippen LogP contribution in [0.15, 0.2) is 0 Å². The third kappa shape index (κ3) is 6.19. The average molecular weight is 253 g/mol. The highest BCUT2D eigenvalue weighted by molar-refractivity contribution is 4.80. The van der Waals surface area contributed by atoms with Crippen LogP contribution >= 0.6 is 0 Å². The molecule has 18 heavy (non-hydrogen) atoms. The highest BCUT2D eigenvalue weighted by Crippen LogP contribution is 2.25. The molecule has 0 amide bonds. The first-order valence-corrected chi connectivity index (χ1v) is 8.19. The van der Waals surface area contributed by atoms with E-state index in [2.05, 4.69) is 12.2 Å². The Labute approximate surface area is 113 Å². The van der Waals surface area contributed by atoms with E-state index in [1.165, 1.54) is 70.8 Å². The number of ether oxygens (including phenoxy) is 1. The fourth-order valence-electron chi connectivity index (χ4n) is 2.95. The fourth-order valence-corrected chi connectivity index (χ4v) is 2.95. The van der Waals surface area contributed by atoms with Crippen LogP contribution in [0.2, 0.25) is 0 Å². The van der Waals surface area contributed by atoms with Crippen molar-refractivity contribution < 1.29 is 4.74 Å². The van der Waals surface area contributed by atoms with Gasteiger partial charge >= 0.3 is 0 Å². The molecule has 0 saturated heterocycles. The van der Waals surface area contributed by atoms with E-state index in [4.69, 9.17) is 4.74 Å².